The number of anilines is 1. The zero-order valence-electron chi connectivity index (χ0n) is 14.3. The van der Waals surface area contributed by atoms with Gasteiger partial charge in [0.2, 0.25) is 0 Å². The van der Waals surface area contributed by atoms with Crippen LogP contribution in [0.2, 0.25) is 0 Å². The molecular weight excluding hydrogens is 310 g/mol. The van der Waals surface area contributed by atoms with Crippen molar-refractivity contribution in [2.24, 2.45) is 5.10 Å². The summed E-state index contributed by atoms with van der Waals surface area (Å²) in [6.45, 7) is 4.20. The van der Waals surface area contributed by atoms with Gasteiger partial charge in [0, 0.05) is 18.2 Å². The normalized spacial score (nSPS) is 12.6. The fourth-order valence-electron chi connectivity index (χ4n) is 3.17. The average molecular weight is 329 g/mol. The summed E-state index contributed by atoms with van der Waals surface area (Å²) in [6, 6.07) is 14.2. The molecule has 2 heterocycles. The minimum absolute atomic E-state index is 0.658. The van der Waals surface area contributed by atoms with Crippen molar-refractivity contribution < 1.29 is 0 Å². The van der Waals surface area contributed by atoms with Gasteiger partial charge >= 0.3 is 0 Å². The summed E-state index contributed by atoms with van der Waals surface area (Å²) in [4.78, 5) is 4.35. The molecule has 2 aromatic heterocycles. The van der Waals surface area contributed by atoms with E-state index in [4.69, 9.17) is 0 Å². The molecule has 4 rings (SSSR count). The predicted octanol–water partition coefficient (Wildman–Crippen LogP) is 3.98. The zero-order valence-corrected chi connectivity index (χ0v) is 14.3. The summed E-state index contributed by atoms with van der Waals surface area (Å²) >= 11 is 0. The molecule has 0 unspecified atom stereocenters. The van der Waals surface area contributed by atoms with Crippen molar-refractivity contribution in [2.75, 3.05) is 5.43 Å². The van der Waals surface area contributed by atoms with Crippen LogP contribution in [-0.2, 0) is 6.42 Å². The molecule has 3 aromatic rings. The molecule has 0 saturated carbocycles. The molecule has 124 valence electrons. The van der Waals surface area contributed by atoms with Gasteiger partial charge in [-0.15, -0.1) is 10.2 Å². The number of nitrogens with one attached hydrogen (secondary N) is 1. The van der Waals surface area contributed by atoms with Gasteiger partial charge < -0.3 is 0 Å². The van der Waals surface area contributed by atoms with Gasteiger partial charge in [0.1, 0.15) is 0 Å². The molecule has 0 bridgehead atoms. The van der Waals surface area contributed by atoms with Crippen LogP contribution >= 0.6 is 0 Å². The Labute approximate surface area is 146 Å². The maximum atomic E-state index is 4.48. The number of aromatic nitrogens is 3. The molecule has 0 atom stereocenters. The number of pyridine rings is 1. The van der Waals surface area contributed by atoms with Crippen LogP contribution in [0.15, 0.2) is 53.8 Å². The summed E-state index contributed by atoms with van der Waals surface area (Å²) in [5, 5.41) is 13.2. The van der Waals surface area contributed by atoms with E-state index in [0.29, 0.717) is 5.82 Å². The van der Waals surface area contributed by atoms with E-state index in [0.717, 1.165) is 29.9 Å². The maximum absolute atomic E-state index is 4.48. The van der Waals surface area contributed by atoms with E-state index in [-0.39, 0.29) is 0 Å². The Morgan fingerprint density at radius 3 is 2.88 bits per heavy atom. The van der Waals surface area contributed by atoms with Crippen LogP contribution in [0.5, 0.6) is 0 Å². The van der Waals surface area contributed by atoms with Crippen LogP contribution in [0.25, 0.3) is 11.3 Å². The van der Waals surface area contributed by atoms with Gasteiger partial charge in [0.05, 0.1) is 17.1 Å². The summed E-state index contributed by atoms with van der Waals surface area (Å²) in [5.41, 5.74) is 10.8. The Morgan fingerprint density at radius 2 is 2.08 bits per heavy atom. The molecule has 5 heteroatoms. The molecule has 0 saturated heterocycles. The minimum atomic E-state index is 0.658. The molecule has 0 radical (unpaired) electrons. The van der Waals surface area contributed by atoms with E-state index in [1.807, 2.05) is 24.3 Å². The van der Waals surface area contributed by atoms with Gasteiger partial charge in [-0.25, -0.2) is 0 Å². The number of nitrogens with zero attached hydrogens (tertiary/aromatic N) is 4. The van der Waals surface area contributed by atoms with Gasteiger partial charge in [-0.2, -0.15) is 5.10 Å². The van der Waals surface area contributed by atoms with Crippen molar-refractivity contribution in [3.05, 3.63) is 71.0 Å². The Bertz CT molecular complexity index is 948. The first-order chi connectivity index (χ1) is 12.3. The Balaban J connectivity index is 1.60. The van der Waals surface area contributed by atoms with Crippen molar-refractivity contribution in [1.29, 1.82) is 0 Å². The first-order valence-corrected chi connectivity index (χ1v) is 8.45. The second-order valence-corrected chi connectivity index (χ2v) is 6.12. The van der Waals surface area contributed by atoms with E-state index < -0.39 is 0 Å². The van der Waals surface area contributed by atoms with Crippen molar-refractivity contribution in [3.8, 4) is 11.3 Å². The summed E-state index contributed by atoms with van der Waals surface area (Å²) in [6.07, 6.45) is 3.45. The van der Waals surface area contributed by atoms with Crippen LogP contribution in [0.3, 0.4) is 0 Å². The highest BCUT2D eigenvalue weighted by Crippen LogP contribution is 2.36. The lowest BCUT2D eigenvalue weighted by Gasteiger charge is -2.05. The SMILES string of the molecule is CC/C(=N/Nc1cc2c(nn1)-c1cccc(C)c1C2)c1ccccn1. The lowest BCUT2D eigenvalue weighted by atomic mass is 10.0. The molecule has 0 spiro atoms. The standard InChI is InChI=1S/C20H19N5/c1-3-17(18-9-4-5-10-21-18)22-23-19-12-14-11-16-13(2)7-6-8-15(16)20(14)25-24-19/h4-10,12H,3,11H2,1-2H3,(H,23,24)/b22-17-. The molecule has 1 aliphatic rings. The average Bonchev–Trinajstić information content (AvgIpc) is 3.02. The summed E-state index contributed by atoms with van der Waals surface area (Å²) in [5.74, 6) is 0.658. The van der Waals surface area contributed by atoms with E-state index in [1.54, 1.807) is 6.20 Å². The number of benzene rings is 1. The van der Waals surface area contributed by atoms with Crippen molar-refractivity contribution in [1.82, 2.24) is 15.2 Å². The monoisotopic (exact) mass is 329 g/mol. The second-order valence-electron chi connectivity index (χ2n) is 6.12. The maximum Gasteiger partial charge on any atom is 0.169 e. The fraction of sp³-hybridized carbons (Fsp3) is 0.200. The third-order valence-corrected chi connectivity index (χ3v) is 4.51. The second kappa shape index (κ2) is 6.43. The summed E-state index contributed by atoms with van der Waals surface area (Å²) < 4.78 is 0. The first kappa shape index (κ1) is 15.4. The summed E-state index contributed by atoms with van der Waals surface area (Å²) in [7, 11) is 0. The molecule has 1 aromatic carbocycles. The van der Waals surface area contributed by atoms with Crippen LogP contribution in [0.4, 0.5) is 5.82 Å². The fourth-order valence-corrected chi connectivity index (χ4v) is 3.17. The Morgan fingerprint density at radius 1 is 1.16 bits per heavy atom. The van der Waals surface area contributed by atoms with Crippen LogP contribution < -0.4 is 5.43 Å². The van der Waals surface area contributed by atoms with Crippen molar-refractivity contribution in [2.45, 2.75) is 26.7 Å². The van der Waals surface area contributed by atoms with E-state index in [9.17, 15) is 0 Å². The van der Waals surface area contributed by atoms with Gasteiger partial charge in [-0.3, -0.25) is 10.4 Å². The molecule has 25 heavy (non-hydrogen) atoms. The molecule has 1 aliphatic carbocycles. The molecule has 0 fully saturated rings. The minimum Gasteiger partial charge on any atom is -0.260 e. The molecule has 1 N–H and O–H groups in total. The lowest BCUT2D eigenvalue weighted by Crippen LogP contribution is -2.06. The Kier molecular flexibility index (Phi) is 3.98. The van der Waals surface area contributed by atoms with Gasteiger partial charge in [-0.1, -0.05) is 31.2 Å². The van der Waals surface area contributed by atoms with Gasteiger partial charge in [0.25, 0.3) is 0 Å². The highest BCUT2D eigenvalue weighted by Gasteiger charge is 2.22. The Hall–Kier alpha value is -3.08. The van der Waals surface area contributed by atoms with E-state index in [1.165, 1.54) is 22.3 Å². The zero-order chi connectivity index (χ0) is 17.2. The van der Waals surface area contributed by atoms with Gasteiger partial charge in [0.15, 0.2) is 5.82 Å². The van der Waals surface area contributed by atoms with E-state index >= 15 is 0 Å². The molecular formula is C20H19N5. The third kappa shape index (κ3) is 2.89. The molecule has 0 amide bonds. The molecule has 0 aliphatic heterocycles. The highest BCUT2D eigenvalue weighted by molar-refractivity contribution is 5.99. The highest BCUT2D eigenvalue weighted by atomic mass is 15.3. The lowest BCUT2D eigenvalue weighted by molar-refractivity contribution is 1.01. The van der Waals surface area contributed by atoms with Crippen LogP contribution in [-0.4, -0.2) is 20.9 Å². The number of hydrazone groups is 1. The van der Waals surface area contributed by atoms with Crippen molar-refractivity contribution in [3.63, 3.8) is 0 Å². The topological polar surface area (TPSA) is 63.1 Å². The largest absolute Gasteiger partial charge is 0.260 e. The van der Waals surface area contributed by atoms with Crippen molar-refractivity contribution >= 4 is 11.5 Å². The number of aryl methyl sites for hydroxylation is 1. The predicted molar refractivity (Wildman–Crippen MR) is 99.7 cm³/mol. The van der Waals surface area contributed by atoms with Crippen LogP contribution in [0.1, 0.15) is 35.7 Å². The van der Waals surface area contributed by atoms with Gasteiger partial charge in [-0.05, 0) is 48.2 Å². The number of hydrogen-bond acceptors (Lipinski definition) is 5. The number of rotatable bonds is 4. The smallest absolute Gasteiger partial charge is 0.169 e. The quantitative estimate of drug-likeness (QED) is 0.454. The van der Waals surface area contributed by atoms with Crippen LogP contribution in [0, 0.1) is 6.92 Å². The first-order valence-electron chi connectivity index (χ1n) is 8.45. The number of hydrogen-bond donors (Lipinski definition) is 1. The molecule has 5 nitrogen and oxygen atoms in total. The van der Waals surface area contributed by atoms with E-state index in [2.05, 4.69) is 57.8 Å². The third-order valence-electron chi connectivity index (χ3n) is 4.51. The number of fused-ring (bicyclic) bond motifs is 3.